The van der Waals surface area contributed by atoms with E-state index < -0.39 is 0 Å². The highest BCUT2D eigenvalue weighted by atomic mass is 32.2. The number of benzene rings is 1. The number of rotatable bonds is 9. The number of hydrogen-bond donors (Lipinski definition) is 1. The first-order valence-corrected chi connectivity index (χ1v) is 14.2. The number of likely N-dealkylation sites (tertiary alicyclic amines) is 1. The second kappa shape index (κ2) is 11.7. The van der Waals surface area contributed by atoms with E-state index in [4.69, 9.17) is 14.2 Å². The van der Waals surface area contributed by atoms with Crippen LogP contribution in [0.2, 0.25) is 0 Å². The Kier molecular flexibility index (Phi) is 7.66. The maximum absolute atomic E-state index is 13.5. The third-order valence-electron chi connectivity index (χ3n) is 6.56. The zero-order valence-corrected chi connectivity index (χ0v) is 23.0. The van der Waals surface area contributed by atoms with Gasteiger partial charge in [-0.15, -0.1) is 0 Å². The van der Waals surface area contributed by atoms with E-state index in [1.54, 1.807) is 24.5 Å². The molecule has 10 nitrogen and oxygen atoms in total. The number of carbonyl (C=O) groups is 1. The molecule has 204 valence electrons. The molecule has 5 heterocycles. The molecule has 13 heteroatoms. The molecule has 1 aliphatic rings. The van der Waals surface area contributed by atoms with Crippen LogP contribution in [0.5, 0.6) is 11.5 Å². The van der Waals surface area contributed by atoms with Crippen LogP contribution >= 0.6 is 23.3 Å². The molecule has 0 saturated carbocycles. The number of carbonyl (C=O) groups excluding carboxylic acids is 1. The highest BCUT2D eigenvalue weighted by Gasteiger charge is 2.24. The molecule has 0 spiro atoms. The lowest BCUT2D eigenvalue weighted by molar-refractivity contribution is -0.109. The fourth-order valence-electron chi connectivity index (χ4n) is 4.51. The lowest BCUT2D eigenvalue weighted by Gasteiger charge is -2.28. The summed E-state index contributed by atoms with van der Waals surface area (Å²) in [6.07, 6.45) is 6.17. The molecule has 40 heavy (non-hydrogen) atoms. The highest BCUT2D eigenvalue weighted by molar-refractivity contribution is 7.99. The van der Waals surface area contributed by atoms with Crippen molar-refractivity contribution in [2.24, 2.45) is 0 Å². The fourth-order valence-corrected chi connectivity index (χ4v) is 6.15. The monoisotopic (exact) mass is 577 g/mol. The maximum atomic E-state index is 13.5. The number of piperidine rings is 1. The van der Waals surface area contributed by atoms with Gasteiger partial charge >= 0.3 is 0 Å². The Morgan fingerprint density at radius 2 is 2.05 bits per heavy atom. The van der Waals surface area contributed by atoms with Crippen LogP contribution in [-0.4, -0.2) is 55.3 Å². The number of ether oxygens (including phenoxy) is 1. The molecule has 5 aromatic rings. The van der Waals surface area contributed by atoms with Crippen LogP contribution in [-0.2, 0) is 4.79 Å². The quantitative estimate of drug-likeness (QED) is 0.208. The molecule has 6 rings (SSSR count). The fraction of sp³-hybridized carbons (Fsp3) is 0.259. The Morgan fingerprint density at radius 3 is 2.85 bits per heavy atom. The molecule has 0 aliphatic carbocycles. The normalized spacial score (nSPS) is 14.4. The summed E-state index contributed by atoms with van der Waals surface area (Å²) in [7, 11) is 0. The van der Waals surface area contributed by atoms with Crippen molar-refractivity contribution in [1.82, 2.24) is 29.4 Å². The molecule has 0 unspecified atom stereocenters. The minimum absolute atomic E-state index is 0.245. The van der Waals surface area contributed by atoms with Gasteiger partial charge in [-0.25, -0.2) is 19.3 Å². The molecule has 0 bridgehead atoms. The van der Waals surface area contributed by atoms with Crippen LogP contribution in [0.1, 0.15) is 30.3 Å². The van der Waals surface area contributed by atoms with Gasteiger partial charge in [0.25, 0.3) is 5.71 Å². The standard InChI is InChI=1S/C27H24FN7O3S2/c1-16-23-22(6-9-29-26(23)38-33-16)39-20-14-21(37-19-4-2-18(28)3-5-19)25(30-15-20)32-27-31-24(34-40-27)17-7-10-35(11-8-17)12-13-36/h2-6,9,13-15,17H,7-8,10-12H2,1H3,(H,30,31,32,34). The van der Waals surface area contributed by atoms with Crippen molar-refractivity contribution in [3.63, 3.8) is 0 Å². The number of fused-ring (bicyclic) bond motifs is 1. The van der Waals surface area contributed by atoms with Crippen molar-refractivity contribution in [2.45, 2.75) is 35.5 Å². The molecule has 1 fully saturated rings. The molecule has 1 aromatic carbocycles. The van der Waals surface area contributed by atoms with Crippen LogP contribution in [0.25, 0.3) is 11.1 Å². The third-order valence-corrected chi connectivity index (χ3v) is 8.22. The van der Waals surface area contributed by atoms with Crippen LogP contribution in [0.15, 0.2) is 63.1 Å². The van der Waals surface area contributed by atoms with Gasteiger partial charge in [-0.2, -0.15) is 4.37 Å². The summed E-state index contributed by atoms with van der Waals surface area (Å²) in [5.41, 5.74) is 1.22. The number of nitrogens with one attached hydrogen (secondary N) is 1. The van der Waals surface area contributed by atoms with E-state index in [2.05, 4.69) is 29.7 Å². The molecule has 0 amide bonds. The largest absolute Gasteiger partial charge is 0.453 e. The number of anilines is 2. The van der Waals surface area contributed by atoms with Crippen molar-refractivity contribution < 1.29 is 18.4 Å². The van der Waals surface area contributed by atoms with E-state index in [9.17, 15) is 9.18 Å². The number of hydrogen-bond acceptors (Lipinski definition) is 12. The third kappa shape index (κ3) is 5.81. The van der Waals surface area contributed by atoms with Gasteiger partial charge < -0.3 is 19.4 Å². The minimum atomic E-state index is -0.350. The minimum Gasteiger partial charge on any atom is -0.453 e. The molecular formula is C27H24FN7O3S2. The first kappa shape index (κ1) is 26.3. The van der Waals surface area contributed by atoms with Gasteiger partial charge in [0.2, 0.25) is 5.13 Å². The molecule has 1 aliphatic heterocycles. The van der Waals surface area contributed by atoms with E-state index in [0.29, 0.717) is 34.7 Å². The molecule has 1 saturated heterocycles. The van der Waals surface area contributed by atoms with Crippen LogP contribution < -0.4 is 10.1 Å². The van der Waals surface area contributed by atoms with Gasteiger partial charge in [0.1, 0.15) is 23.7 Å². The zero-order valence-electron chi connectivity index (χ0n) is 21.4. The summed E-state index contributed by atoms with van der Waals surface area (Å²) in [4.78, 5) is 28.3. The van der Waals surface area contributed by atoms with Crippen molar-refractivity contribution in [3.8, 4) is 11.5 Å². The summed E-state index contributed by atoms with van der Waals surface area (Å²) in [5.74, 6) is 2.06. The summed E-state index contributed by atoms with van der Waals surface area (Å²) >= 11 is 2.74. The Hall–Kier alpha value is -3.94. The number of aldehydes is 1. The molecule has 4 aromatic heterocycles. The van der Waals surface area contributed by atoms with E-state index in [-0.39, 0.29) is 11.7 Å². The Morgan fingerprint density at radius 1 is 1.23 bits per heavy atom. The average molecular weight is 578 g/mol. The topological polar surface area (TPSA) is 119 Å². The second-order valence-corrected chi connectivity index (χ2v) is 11.1. The molecule has 0 atom stereocenters. The van der Waals surface area contributed by atoms with E-state index >= 15 is 0 Å². The predicted molar refractivity (Wildman–Crippen MR) is 149 cm³/mol. The summed E-state index contributed by atoms with van der Waals surface area (Å²) in [6.45, 7) is 4.03. The number of pyridine rings is 2. The predicted octanol–water partition coefficient (Wildman–Crippen LogP) is 5.98. The lowest BCUT2D eigenvalue weighted by Crippen LogP contribution is -2.34. The first-order valence-electron chi connectivity index (χ1n) is 12.6. The van der Waals surface area contributed by atoms with Gasteiger partial charge in [-0.3, -0.25) is 4.90 Å². The van der Waals surface area contributed by atoms with Crippen molar-refractivity contribution in [1.29, 1.82) is 0 Å². The second-order valence-electron chi connectivity index (χ2n) is 9.26. The van der Waals surface area contributed by atoms with Gasteiger partial charge in [-0.05, 0) is 63.2 Å². The summed E-state index contributed by atoms with van der Waals surface area (Å²) in [5, 5.41) is 8.72. The molecule has 1 N–H and O–H groups in total. The van der Waals surface area contributed by atoms with Crippen LogP contribution in [0.3, 0.4) is 0 Å². The number of aromatic nitrogens is 5. The Bertz CT molecular complexity index is 1640. The SMILES string of the molecule is Cc1noc2nccc(Sc3cnc(Nc4nc(C5CCN(CC=O)CC5)ns4)c(Oc4ccc(F)cc4)c3)c12. The molecule has 0 radical (unpaired) electrons. The summed E-state index contributed by atoms with van der Waals surface area (Å²) < 4.78 is 29.5. The lowest BCUT2D eigenvalue weighted by atomic mass is 9.96. The van der Waals surface area contributed by atoms with E-state index in [1.165, 1.54) is 35.4 Å². The van der Waals surface area contributed by atoms with Gasteiger partial charge in [0.05, 0.1) is 17.6 Å². The Labute approximate surface area is 237 Å². The smallest absolute Gasteiger partial charge is 0.259 e. The highest BCUT2D eigenvalue weighted by Crippen LogP contribution is 2.39. The van der Waals surface area contributed by atoms with Crippen molar-refractivity contribution in [3.05, 3.63) is 66.1 Å². The summed E-state index contributed by atoms with van der Waals surface area (Å²) in [6, 6.07) is 9.57. The van der Waals surface area contributed by atoms with Gasteiger partial charge in [0, 0.05) is 45.7 Å². The van der Waals surface area contributed by atoms with Gasteiger partial charge in [0.15, 0.2) is 11.6 Å². The van der Waals surface area contributed by atoms with Gasteiger partial charge in [-0.1, -0.05) is 16.9 Å². The maximum Gasteiger partial charge on any atom is 0.259 e. The number of nitrogens with zero attached hydrogens (tertiary/aromatic N) is 6. The van der Waals surface area contributed by atoms with E-state index in [1.807, 2.05) is 19.1 Å². The average Bonchev–Trinajstić information content (AvgIpc) is 3.59. The molecular weight excluding hydrogens is 553 g/mol. The van der Waals surface area contributed by atoms with E-state index in [0.717, 1.165) is 58.9 Å². The number of aryl methyl sites for hydroxylation is 1. The first-order chi connectivity index (χ1) is 19.6. The Balaban J connectivity index is 1.25. The number of halogens is 1. The van der Waals surface area contributed by atoms with Crippen molar-refractivity contribution in [2.75, 3.05) is 25.0 Å². The van der Waals surface area contributed by atoms with Crippen molar-refractivity contribution >= 4 is 51.6 Å². The van der Waals surface area contributed by atoms with Crippen LogP contribution in [0, 0.1) is 12.7 Å². The zero-order chi connectivity index (χ0) is 27.5. The van der Waals surface area contributed by atoms with Crippen LogP contribution in [0.4, 0.5) is 15.3 Å².